The Morgan fingerprint density at radius 3 is 2.80 bits per heavy atom. The molecule has 0 aromatic heterocycles. The molecular formula is C17H24BrFN4O2. The van der Waals surface area contributed by atoms with Crippen LogP contribution < -0.4 is 10.6 Å². The highest BCUT2D eigenvalue weighted by molar-refractivity contribution is 9.10. The smallest absolute Gasteiger partial charge is 0.409 e. The zero-order chi connectivity index (χ0) is 18.2. The molecular weight excluding hydrogens is 391 g/mol. The van der Waals surface area contributed by atoms with E-state index in [-0.39, 0.29) is 18.0 Å². The summed E-state index contributed by atoms with van der Waals surface area (Å²) in [5.41, 5.74) is 0.564. The number of rotatable bonds is 4. The van der Waals surface area contributed by atoms with Gasteiger partial charge < -0.3 is 20.3 Å². The number of halogens is 2. The fourth-order valence-corrected chi connectivity index (χ4v) is 3.08. The monoisotopic (exact) mass is 414 g/mol. The molecule has 0 unspecified atom stereocenters. The predicted octanol–water partition coefficient (Wildman–Crippen LogP) is 2.87. The van der Waals surface area contributed by atoms with Crippen molar-refractivity contribution in [3.05, 3.63) is 34.1 Å². The first-order valence-electron chi connectivity index (χ1n) is 8.36. The highest BCUT2D eigenvalue weighted by atomic mass is 79.9. The number of nitrogens with zero attached hydrogens (tertiary/aromatic N) is 2. The molecule has 1 aromatic rings. The van der Waals surface area contributed by atoms with E-state index in [0.29, 0.717) is 37.8 Å². The third-order valence-corrected chi connectivity index (χ3v) is 4.53. The van der Waals surface area contributed by atoms with Crippen molar-refractivity contribution in [3.8, 4) is 0 Å². The summed E-state index contributed by atoms with van der Waals surface area (Å²) in [6.07, 6.45) is 1.36. The third-order valence-electron chi connectivity index (χ3n) is 4.04. The average molecular weight is 415 g/mol. The summed E-state index contributed by atoms with van der Waals surface area (Å²) in [5.74, 6) is 0.364. The van der Waals surface area contributed by atoms with Gasteiger partial charge in [0.1, 0.15) is 5.82 Å². The summed E-state index contributed by atoms with van der Waals surface area (Å²) in [6, 6.07) is 5.06. The first kappa shape index (κ1) is 19.5. The number of hydrogen-bond donors (Lipinski definition) is 2. The SMILES string of the molecule is CCOC(=O)N1CCC(NC(=NC)NCc2cc(Br)ccc2F)CC1. The summed E-state index contributed by atoms with van der Waals surface area (Å²) in [5, 5.41) is 6.46. The van der Waals surface area contributed by atoms with Crippen molar-refractivity contribution in [1.82, 2.24) is 15.5 Å². The summed E-state index contributed by atoms with van der Waals surface area (Å²) in [6.45, 7) is 3.82. The summed E-state index contributed by atoms with van der Waals surface area (Å²) >= 11 is 3.35. The van der Waals surface area contributed by atoms with Gasteiger partial charge in [-0.1, -0.05) is 15.9 Å². The molecule has 1 fully saturated rings. The van der Waals surface area contributed by atoms with Gasteiger partial charge in [0, 0.05) is 42.8 Å². The van der Waals surface area contributed by atoms with Gasteiger partial charge in [-0.3, -0.25) is 4.99 Å². The van der Waals surface area contributed by atoms with Gasteiger partial charge in [-0.2, -0.15) is 0 Å². The Hall–Kier alpha value is -1.83. The molecule has 0 saturated carbocycles. The fourth-order valence-electron chi connectivity index (χ4n) is 2.67. The highest BCUT2D eigenvalue weighted by Gasteiger charge is 2.24. The Labute approximate surface area is 156 Å². The van der Waals surface area contributed by atoms with Crippen LogP contribution in [0.2, 0.25) is 0 Å². The number of guanidine groups is 1. The normalized spacial score (nSPS) is 15.8. The second-order valence-electron chi connectivity index (χ2n) is 5.77. The van der Waals surface area contributed by atoms with Crippen LogP contribution in [0.5, 0.6) is 0 Å². The van der Waals surface area contributed by atoms with E-state index in [4.69, 9.17) is 4.74 Å². The molecule has 0 bridgehead atoms. The number of aliphatic imine (C=N–C) groups is 1. The van der Waals surface area contributed by atoms with Gasteiger partial charge >= 0.3 is 6.09 Å². The summed E-state index contributed by atoms with van der Waals surface area (Å²) in [4.78, 5) is 17.6. The Kier molecular flexibility index (Phi) is 7.49. The van der Waals surface area contributed by atoms with Gasteiger partial charge in [-0.25, -0.2) is 9.18 Å². The summed E-state index contributed by atoms with van der Waals surface area (Å²) < 4.78 is 19.6. The molecule has 0 aliphatic carbocycles. The van der Waals surface area contributed by atoms with Crippen LogP contribution >= 0.6 is 15.9 Å². The number of amides is 1. The molecule has 2 rings (SSSR count). The van der Waals surface area contributed by atoms with Crippen molar-refractivity contribution in [2.75, 3.05) is 26.7 Å². The number of carbonyl (C=O) groups excluding carboxylic acids is 1. The molecule has 0 radical (unpaired) electrons. The molecule has 1 aliphatic rings. The van der Waals surface area contributed by atoms with E-state index in [9.17, 15) is 9.18 Å². The highest BCUT2D eigenvalue weighted by Crippen LogP contribution is 2.15. The maximum atomic E-state index is 13.8. The van der Waals surface area contributed by atoms with E-state index in [2.05, 4.69) is 31.6 Å². The van der Waals surface area contributed by atoms with E-state index in [1.807, 2.05) is 0 Å². The molecule has 0 atom stereocenters. The van der Waals surface area contributed by atoms with Crippen molar-refractivity contribution < 1.29 is 13.9 Å². The molecule has 1 aromatic carbocycles. The van der Waals surface area contributed by atoms with E-state index in [1.165, 1.54) is 6.07 Å². The van der Waals surface area contributed by atoms with Gasteiger partial charge in [0.15, 0.2) is 5.96 Å². The van der Waals surface area contributed by atoms with Crippen molar-refractivity contribution in [3.63, 3.8) is 0 Å². The van der Waals surface area contributed by atoms with Gasteiger partial charge in [0.25, 0.3) is 0 Å². The molecule has 8 heteroatoms. The Morgan fingerprint density at radius 2 is 2.16 bits per heavy atom. The first-order chi connectivity index (χ1) is 12.0. The van der Waals surface area contributed by atoms with E-state index >= 15 is 0 Å². The minimum absolute atomic E-state index is 0.212. The van der Waals surface area contributed by atoms with E-state index < -0.39 is 0 Å². The fraction of sp³-hybridized carbons (Fsp3) is 0.529. The third kappa shape index (κ3) is 5.88. The molecule has 1 aliphatic heterocycles. The van der Waals surface area contributed by atoms with Crippen LogP contribution in [-0.4, -0.2) is 49.7 Å². The van der Waals surface area contributed by atoms with Crippen LogP contribution in [0, 0.1) is 5.82 Å². The van der Waals surface area contributed by atoms with Crippen LogP contribution in [0.3, 0.4) is 0 Å². The maximum Gasteiger partial charge on any atom is 0.409 e. The number of hydrogen-bond acceptors (Lipinski definition) is 3. The van der Waals surface area contributed by atoms with Crippen molar-refractivity contribution in [2.45, 2.75) is 32.4 Å². The van der Waals surface area contributed by atoms with Gasteiger partial charge in [-0.15, -0.1) is 0 Å². The molecule has 25 heavy (non-hydrogen) atoms. The molecule has 1 amide bonds. The van der Waals surface area contributed by atoms with Crippen molar-refractivity contribution in [1.29, 1.82) is 0 Å². The van der Waals surface area contributed by atoms with Crippen LogP contribution in [0.4, 0.5) is 9.18 Å². The lowest BCUT2D eigenvalue weighted by Gasteiger charge is -2.32. The zero-order valence-electron chi connectivity index (χ0n) is 14.5. The molecule has 1 saturated heterocycles. The molecule has 6 nitrogen and oxygen atoms in total. The Bertz CT molecular complexity index is 619. The second-order valence-corrected chi connectivity index (χ2v) is 6.68. The first-order valence-corrected chi connectivity index (χ1v) is 9.15. The predicted molar refractivity (Wildman–Crippen MR) is 99.1 cm³/mol. The minimum Gasteiger partial charge on any atom is -0.450 e. The van der Waals surface area contributed by atoms with Gasteiger partial charge in [-0.05, 0) is 38.0 Å². The van der Waals surface area contributed by atoms with Crippen LogP contribution in [-0.2, 0) is 11.3 Å². The van der Waals surface area contributed by atoms with Crippen LogP contribution in [0.1, 0.15) is 25.3 Å². The van der Waals surface area contributed by atoms with Crippen molar-refractivity contribution in [2.24, 2.45) is 4.99 Å². The van der Waals surface area contributed by atoms with E-state index in [0.717, 1.165) is 17.3 Å². The lowest BCUT2D eigenvalue weighted by molar-refractivity contribution is 0.0963. The number of benzene rings is 1. The quantitative estimate of drug-likeness (QED) is 0.587. The number of carbonyl (C=O) groups is 1. The molecule has 1 heterocycles. The number of ether oxygens (including phenoxy) is 1. The lowest BCUT2D eigenvalue weighted by Crippen LogP contribution is -2.49. The van der Waals surface area contributed by atoms with Gasteiger partial charge in [0.2, 0.25) is 0 Å². The Morgan fingerprint density at radius 1 is 1.44 bits per heavy atom. The van der Waals surface area contributed by atoms with Crippen molar-refractivity contribution >= 4 is 28.0 Å². The van der Waals surface area contributed by atoms with E-state index in [1.54, 1.807) is 31.0 Å². The number of nitrogens with one attached hydrogen (secondary N) is 2. The maximum absolute atomic E-state index is 13.8. The zero-order valence-corrected chi connectivity index (χ0v) is 16.1. The lowest BCUT2D eigenvalue weighted by atomic mass is 10.1. The number of piperidine rings is 1. The number of likely N-dealkylation sites (tertiary alicyclic amines) is 1. The summed E-state index contributed by atoms with van der Waals surface area (Å²) in [7, 11) is 1.68. The molecule has 0 spiro atoms. The molecule has 138 valence electrons. The topological polar surface area (TPSA) is 66.0 Å². The molecule has 2 N–H and O–H groups in total. The Balaban J connectivity index is 1.81. The largest absolute Gasteiger partial charge is 0.450 e. The van der Waals surface area contributed by atoms with Crippen LogP contribution in [0.15, 0.2) is 27.7 Å². The minimum atomic E-state index is -0.256. The average Bonchev–Trinajstić information content (AvgIpc) is 2.62. The van der Waals surface area contributed by atoms with Gasteiger partial charge in [0.05, 0.1) is 6.61 Å². The van der Waals surface area contributed by atoms with Crippen LogP contribution in [0.25, 0.3) is 0 Å². The second kappa shape index (κ2) is 9.60. The standard InChI is InChI=1S/C17H24BrFN4O2/c1-3-25-17(24)23-8-6-14(7-9-23)22-16(20-2)21-11-12-10-13(18)4-5-15(12)19/h4-5,10,14H,3,6-9,11H2,1-2H3,(H2,20,21,22).